The van der Waals surface area contributed by atoms with Crippen LogP contribution in [0.1, 0.15) is 11.3 Å². The van der Waals surface area contributed by atoms with E-state index in [1.54, 1.807) is 14.0 Å². The van der Waals surface area contributed by atoms with E-state index >= 15 is 0 Å². The highest BCUT2D eigenvalue weighted by molar-refractivity contribution is 5.38. The second kappa shape index (κ2) is 4.58. The second-order valence-electron chi connectivity index (χ2n) is 3.71. The molecule has 0 aliphatic heterocycles. The number of halogens is 2. The molecule has 0 saturated heterocycles. The van der Waals surface area contributed by atoms with Crippen molar-refractivity contribution in [2.75, 3.05) is 7.05 Å². The highest BCUT2D eigenvalue weighted by Gasteiger charge is 2.15. The lowest BCUT2D eigenvalue weighted by molar-refractivity contribution is 0.551. The van der Waals surface area contributed by atoms with Crippen molar-refractivity contribution in [3.63, 3.8) is 0 Å². The Kier molecular flexibility index (Phi) is 3.14. The van der Waals surface area contributed by atoms with Gasteiger partial charge in [0.1, 0.15) is 5.69 Å². The fraction of sp³-hybridized carbons (Fsp3) is 0.273. The van der Waals surface area contributed by atoms with Crippen molar-refractivity contribution < 1.29 is 8.78 Å². The van der Waals surface area contributed by atoms with E-state index in [1.807, 2.05) is 0 Å². The van der Waals surface area contributed by atoms with E-state index in [1.165, 1.54) is 18.3 Å². The Balaban J connectivity index is 2.48. The van der Waals surface area contributed by atoms with Crippen LogP contribution in [0.3, 0.4) is 0 Å². The van der Waals surface area contributed by atoms with Gasteiger partial charge in [-0.05, 0) is 25.6 Å². The zero-order valence-electron chi connectivity index (χ0n) is 9.54. The molecule has 0 unspecified atom stereocenters. The maximum Gasteiger partial charge on any atom is 0.154 e. The molecule has 6 heteroatoms. The molecule has 0 radical (unpaired) electrons. The van der Waals surface area contributed by atoms with Crippen LogP contribution in [0.5, 0.6) is 0 Å². The van der Waals surface area contributed by atoms with Gasteiger partial charge in [0.15, 0.2) is 11.6 Å². The van der Waals surface area contributed by atoms with E-state index in [0.717, 1.165) is 4.68 Å². The number of nitrogens with zero attached hydrogens (tertiary/aromatic N) is 3. The Hall–Kier alpha value is -1.82. The number of hydrogen-bond donors (Lipinski definition) is 1. The van der Waals surface area contributed by atoms with Gasteiger partial charge in [0.2, 0.25) is 0 Å². The van der Waals surface area contributed by atoms with E-state index in [-0.39, 0.29) is 5.69 Å². The molecule has 4 nitrogen and oxygen atoms in total. The van der Waals surface area contributed by atoms with Crippen molar-refractivity contribution in [3.05, 3.63) is 41.2 Å². The molecule has 90 valence electrons. The first-order valence-corrected chi connectivity index (χ1v) is 5.14. The summed E-state index contributed by atoms with van der Waals surface area (Å²) in [6, 6.07) is 2.60. The normalized spacial score (nSPS) is 10.8. The third kappa shape index (κ3) is 2.16. The molecule has 17 heavy (non-hydrogen) atoms. The van der Waals surface area contributed by atoms with Crippen LogP contribution in [0.4, 0.5) is 8.78 Å². The molecule has 1 aromatic heterocycles. The average Bonchev–Trinajstić information content (AvgIpc) is 2.73. The average molecular weight is 238 g/mol. The van der Waals surface area contributed by atoms with Gasteiger partial charge in [0.05, 0.1) is 11.9 Å². The maximum atomic E-state index is 13.8. The molecule has 2 rings (SSSR count). The third-order valence-electron chi connectivity index (χ3n) is 2.39. The Bertz CT molecular complexity index is 536. The number of rotatable bonds is 3. The highest BCUT2D eigenvalue weighted by atomic mass is 19.1. The van der Waals surface area contributed by atoms with Gasteiger partial charge in [0, 0.05) is 6.54 Å². The van der Waals surface area contributed by atoms with Crippen LogP contribution in [0.15, 0.2) is 18.3 Å². The summed E-state index contributed by atoms with van der Waals surface area (Å²) in [5, 5.41) is 10.4. The fourth-order valence-corrected chi connectivity index (χ4v) is 1.52. The zero-order chi connectivity index (χ0) is 12.4. The van der Waals surface area contributed by atoms with Gasteiger partial charge in [-0.3, -0.25) is 0 Å². The number of aryl methyl sites for hydroxylation is 1. The minimum atomic E-state index is -0.658. The number of hydrogen-bond acceptors (Lipinski definition) is 3. The van der Waals surface area contributed by atoms with Crippen molar-refractivity contribution in [1.82, 2.24) is 20.3 Å². The largest absolute Gasteiger partial charge is 0.314 e. The minimum absolute atomic E-state index is 0.195. The fourth-order valence-electron chi connectivity index (χ4n) is 1.52. The molecular formula is C11H12F2N4. The van der Waals surface area contributed by atoms with Gasteiger partial charge in [0.25, 0.3) is 0 Å². The molecule has 2 aromatic rings. The first kappa shape index (κ1) is 11.7. The molecule has 0 saturated carbocycles. The van der Waals surface area contributed by atoms with Crippen molar-refractivity contribution >= 4 is 0 Å². The van der Waals surface area contributed by atoms with E-state index < -0.39 is 11.6 Å². The SMILES string of the molecule is CNCc1cn(-c2c(F)ccc(C)c2F)nn1. The first-order chi connectivity index (χ1) is 8.13. The molecule has 0 fully saturated rings. The van der Waals surface area contributed by atoms with Crippen LogP contribution in [0.2, 0.25) is 0 Å². The lowest BCUT2D eigenvalue weighted by Gasteiger charge is -2.05. The van der Waals surface area contributed by atoms with Crippen LogP contribution in [0.25, 0.3) is 5.69 Å². The summed E-state index contributed by atoms with van der Waals surface area (Å²) in [6.45, 7) is 2.07. The van der Waals surface area contributed by atoms with Gasteiger partial charge in [-0.2, -0.15) is 0 Å². The maximum absolute atomic E-state index is 13.8. The molecule has 0 bridgehead atoms. The molecule has 1 heterocycles. The van der Waals surface area contributed by atoms with Gasteiger partial charge in [-0.15, -0.1) is 5.10 Å². The van der Waals surface area contributed by atoms with Gasteiger partial charge >= 0.3 is 0 Å². The van der Waals surface area contributed by atoms with Crippen LogP contribution in [0, 0.1) is 18.6 Å². The number of nitrogens with one attached hydrogen (secondary N) is 1. The van der Waals surface area contributed by atoms with Gasteiger partial charge in [-0.1, -0.05) is 11.3 Å². The Morgan fingerprint density at radius 1 is 1.35 bits per heavy atom. The molecule has 1 N–H and O–H groups in total. The van der Waals surface area contributed by atoms with Crippen molar-refractivity contribution in [2.24, 2.45) is 0 Å². The van der Waals surface area contributed by atoms with Crippen molar-refractivity contribution in [1.29, 1.82) is 0 Å². The van der Waals surface area contributed by atoms with E-state index in [9.17, 15) is 8.78 Å². The van der Waals surface area contributed by atoms with Crippen molar-refractivity contribution in [2.45, 2.75) is 13.5 Å². The van der Waals surface area contributed by atoms with Crippen LogP contribution >= 0.6 is 0 Å². The summed E-state index contributed by atoms with van der Waals surface area (Å²) in [7, 11) is 1.76. The molecule has 0 spiro atoms. The summed E-state index contributed by atoms with van der Waals surface area (Å²) in [5.41, 5.74) is 0.791. The Morgan fingerprint density at radius 3 is 2.82 bits per heavy atom. The number of benzene rings is 1. The molecule has 0 aliphatic rings. The predicted molar refractivity (Wildman–Crippen MR) is 58.8 cm³/mol. The highest BCUT2D eigenvalue weighted by Crippen LogP contribution is 2.19. The Labute approximate surface area is 97.3 Å². The quantitative estimate of drug-likeness (QED) is 0.882. The van der Waals surface area contributed by atoms with E-state index in [0.29, 0.717) is 17.8 Å². The standard InChI is InChI=1S/C11H12F2N4/c1-7-3-4-9(12)11(10(7)13)17-6-8(5-14-2)15-16-17/h3-4,6,14H,5H2,1-2H3. The summed E-state index contributed by atoms with van der Waals surface area (Å²) in [6.07, 6.45) is 1.50. The van der Waals surface area contributed by atoms with E-state index in [2.05, 4.69) is 15.6 Å². The first-order valence-electron chi connectivity index (χ1n) is 5.14. The van der Waals surface area contributed by atoms with E-state index in [4.69, 9.17) is 0 Å². The Morgan fingerprint density at radius 2 is 2.12 bits per heavy atom. The molecular weight excluding hydrogens is 226 g/mol. The summed E-state index contributed by atoms with van der Waals surface area (Å²) in [4.78, 5) is 0. The van der Waals surface area contributed by atoms with Crippen molar-refractivity contribution in [3.8, 4) is 5.69 Å². The van der Waals surface area contributed by atoms with Crippen LogP contribution < -0.4 is 5.32 Å². The third-order valence-corrected chi connectivity index (χ3v) is 2.39. The second-order valence-corrected chi connectivity index (χ2v) is 3.71. The lowest BCUT2D eigenvalue weighted by atomic mass is 10.2. The smallest absolute Gasteiger partial charge is 0.154 e. The zero-order valence-corrected chi connectivity index (χ0v) is 9.54. The molecule has 0 amide bonds. The number of aromatic nitrogens is 3. The minimum Gasteiger partial charge on any atom is -0.314 e. The van der Waals surface area contributed by atoms with Crippen LogP contribution in [-0.2, 0) is 6.54 Å². The molecule has 0 aliphatic carbocycles. The summed E-state index contributed by atoms with van der Waals surface area (Å²) in [5.74, 6) is -1.28. The monoisotopic (exact) mass is 238 g/mol. The lowest BCUT2D eigenvalue weighted by Crippen LogP contribution is -2.05. The molecule has 1 aromatic carbocycles. The van der Waals surface area contributed by atoms with Gasteiger partial charge < -0.3 is 5.32 Å². The topological polar surface area (TPSA) is 42.7 Å². The summed E-state index contributed by atoms with van der Waals surface area (Å²) < 4.78 is 28.5. The summed E-state index contributed by atoms with van der Waals surface area (Å²) >= 11 is 0. The molecule has 0 atom stereocenters. The van der Waals surface area contributed by atoms with Crippen LogP contribution in [-0.4, -0.2) is 22.0 Å². The predicted octanol–water partition coefficient (Wildman–Crippen LogP) is 1.57. The van der Waals surface area contributed by atoms with Gasteiger partial charge in [-0.25, -0.2) is 13.5 Å².